The lowest BCUT2D eigenvalue weighted by Gasteiger charge is -2.04. The standard InChI is InChI=1S/C15H14N2O/c1-11(15(16)18)10-12-2-4-13(5-3-12)14-6-8-17-9-7-14/h2-9H,1,10H2,(H2,16,18). The molecule has 1 aromatic heterocycles. The second-order valence-electron chi connectivity index (χ2n) is 4.08. The van der Waals surface area contributed by atoms with Crippen LogP contribution in [0.15, 0.2) is 60.9 Å². The molecule has 3 nitrogen and oxygen atoms in total. The second kappa shape index (κ2) is 5.27. The molecule has 1 heterocycles. The minimum atomic E-state index is -0.451. The molecule has 0 aliphatic rings. The van der Waals surface area contributed by atoms with Crippen molar-refractivity contribution in [3.05, 3.63) is 66.5 Å². The van der Waals surface area contributed by atoms with Crippen LogP contribution in [-0.2, 0) is 11.2 Å². The van der Waals surface area contributed by atoms with Crippen LogP contribution in [0.1, 0.15) is 5.56 Å². The molecule has 0 spiro atoms. The third-order valence-electron chi connectivity index (χ3n) is 2.73. The first kappa shape index (κ1) is 12.0. The van der Waals surface area contributed by atoms with Crippen LogP contribution in [0.4, 0.5) is 0 Å². The van der Waals surface area contributed by atoms with Gasteiger partial charge in [-0.05, 0) is 28.8 Å². The van der Waals surface area contributed by atoms with Gasteiger partial charge in [0.25, 0.3) is 0 Å². The predicted molar refractivity (Wildman–Crippen MR) is 71.7 cm³/mol. The van der Waals surface area contributed by atoms with Crippen LogP contribution >= 0.6 is 0 Å². The molecule has 0 bridgehead atoms. The van der Waals surface area contributed by atoms with Crippen molar-refractivity contribution in [2.75, 3.05) is 0 Å². The number of rotatable bonds is 4. The molecule has 2 aromatic rings. The van der Waals surface area contributed by atoms with Gasteiger partial charge in [-0.3, -0.25) is 9.78 Å². The lowest BCUT2D eigenvalue weighted by molar-refractivity contribution is -0.114. The fourth-order valence-electron chi connectivity index (χ4n) is 1.69. The summed E-state index contributed by atoms with van der Waals surface area (Å²) < 4.78 is 0. The molecule has 0 unspecified atom stereocenters. The number of pyridine rings is 1. The average molecular weight is 238 g/mol. The zero-order valence-corrected chi connectivity index (χ0v) is 9.97. The summed E-state index contributed by atoms with van der Waals surface area (Å²) in [5.74, 6) is -0.451. The molecule has 1 aromatic carbocycles. The van der Waals surface area contributed by atoms with Crippen LogP contribution < -0.4 is 5.73 Å². The first-order chi connectivity index (χ1) is 8.66. The van der Waals surface area contributed by atoms with Crippen molar-refractivity contribution < 1.29 is 4.79 Å². The molecule has 0 saturated carbocycles. The van der Waals surface area contributed by atoms with Gasteiger partial charge in [-0.25, -0.2) is 0 Å². The Kier molecular flexibility index (Phi) is 3.53. The number of hydrogen-bond acceptors (Lipinski definition) is 2. The summed E-state index contributed by atoms with van der Waals surface area (Å²) in [6.45, 7) is 3.65. The zero-order chi connectivity index (χ0) is 13.0. The van der Waals surface area contributed by atoms with Crippen molar-refractivity contribution in [3.8, 4) is 11.1 Å². The molecule has 0 atom stereocenters. The van der Waals surface area contributed by atoms with Gasteiger partial charge in [0.05, 0.1) is 0 Å². The van der Waals surface area contributed by atoms with Crippen molar-refractivity contribution in [2.45, 2.75) is 6.42 Å². The van der Waals surface area contributed by atoms with E-state index in [4.69, 9.17) is 5.73 Å². The van der Waals surface area contributed by atoms with E-state index in [0.29, 0.717) is 12.0 Å². The van der Waals surface area contributed by atoms with Gasteiger partial charge in [0.2, 0.25) is 5.91 Å². The largest absolute Gasteiger partial charge is 0.366 e. The topological polar surface area (TPSA) is 56.0 Å². The Hall–Kier alpha value is -2.42. The molecule has 3 heteroatoms. The molecule has 18 heavy (non-hydrogen) atoms. The van der Waals surface area contributed by atoms with E-state index in [1.54, 1.807) is 12.4 Å². The molecule has 0 aliphatic heterocycles. The number of carbonyl (C=O) groups excluding carboxylic acids is 1. The molecule has 0 fully saturated rings. The summed E-state index contributed by atoms with van der Waals surface area (Å²) in [4.78, 5) is 14.9. The SMILES string of the molecule is C=C(Cc1ccc(-c2ccncc2)cc1)C(N)=O. The lowest BCUT2D eigenvalue weighted by Crippen LogP contribution is -2.14. The molecule has 1 amide bonds. The quantitative estimate of drug-likeness (QED) is 0.831. The van der Waals surface area contributed by atoms with Gasteiger partial charge in [0, 0.05) is 24.4 Å². The van der Waals surface area contributed by atoms with Crippen LogP contribution in [0.3, 0.4) is 0 Å². The summed E-state index contributed by atoms with van der Waals surface area (Å²) >= 11 is 0. The highest BCUT2D eigenvalue weighted by molar-refractivity contribution is 5.91. The van der Waals surface area contributed by atoms with Crippen LogP contribution in [0.25, 0.3) is 11.1 Å². The van der Waals surface area contributed by atoms with E-state index in [1.165, 1.54) is 0 Å². The first-order valence-corrected chi connectivity index (χ1v) is 5.64. The number of primary amides is 1. The fraction of sp³-hybridized carbons (Fsp3) is 0.0667. The Morgan fingerprint density at radius 2 is 1.61 bits per heavy atom. The highest BCUT2D eigenvalue weighted by Crippen LogP contribution is 2.19. The molecule has 0 saturated heterocycles. The maximum Gasteiger partial charge on any atom is 0.244 e. The maximum atomic E-state index is 10.9. The minimum absolute atomic E-state index is 0.423. The molecular formula is C15H14N2O. The van der Waals surface area contributed by atoms with Crippen molar-refractivity contribution in [1.29, 1.82) is 0 Å². The number of nitrogens with two attached hydrogens (primary N) is 1. The Morgan fingerprint density at radius 1 is 1.06 bits per heavy atom. The molecular weight excluding hydrogens is 224 g/mol. The van der Waals surface area contributed by atoms with E-state index >= 15 is 0 Å². The van der Waals surface area contributed by atoms with Crippen LogP contribution in [0.2, 0.25) is 0 Å². The maximum absolute atomic E-state index is 10.9. The summed E-state index contributed by atoms with van der Waals surface area (Å²) in [6, 6.07) is 11.9. The number of amides is 1. The van der Waals surface area contributed by atoms with E-state index in [1.807, 2.05) is 36.4 Å². The number of hydrogen-bond donors (Lipinski definition) is 1. The third kappa shape index (κ3) is 2.83. The second-order valence-corrected chi connectivity index (χ2v) is 4.08. The van der Waals surface area contributed by atoms with E-state index < -0.39 is 5.91 Å². The fourth-order valence-corrected chi connectivity index (χ4v) is 1.69. The Bertz CT molecular complexity index is 559. The van der Waals surface area contributed by atoms with E-state index in [0.717, 1.165) is 16.7 Å². The van der Waals surface area contributed by atoms with Gasteiger partial charge < -0.3 is 5.73 Å². The minimum Gasteiger partial charge on any atom is -0.366 e. The Balaban J connectivity index is 2.16. The summed E-state index contributed by atoms with van der Waals surface area (Å²) in [6.07, 6.45) is 4.02. The first-order valence-electron chi connectivity index (χ1n) is 5.64. The number of carbonyl (C=O) groups is 1. The van der Waals surface area contributed by atoms with Crippen molar-refractivity contribution >= 4 is 5.91 Å². The van der Waals surface area contributed by atoms with Gasteiger partial charge in [0.15, 0.2) is 0 Å². The van der Waals surface area contributed by atoms with Crippen LogP contribution in [-0.4, -0.2) is 10.9 Å². The Morgan fingerprint density at radius 3 is 2.17 bits per heavy atom. The van der Waals surface area contributed by atoms with Crippen LogP contribution in [0, 0.1) is 0 Å². The molecule has 0 radical (unpaired) electrons. The monoisotopic (exact) mass is 238 g/mol. The molecule has 0 aliphatic carbocycles. The normalized spacial score (nSPS) is 10.0. The summed E-state index contributed by atoms with van der Waals surface area (Å²) in [7, 11) is 0. The lowest BCUT2D eigenvalue weighted by atomic mass is 10.0. The van der Waals surface area contributed by atoms with Gasteiger partial charge in [0.1, 0.15) is 0 Å². The third-order valence-corrected chi connectivity index (χ3v) is 2.73. The van der Waals surface area contributed by atoms with Gasteiger partial charge in [-0.15, -0.1) is 0 Å². The van der Waals surface area contributed by atoms with Gasteiger partial charge in [-0.2, -0.15) is 0 Å². The van der Waals surface area contributed by atoms with E-state index in [2.05, 4.69) is 11.6 Å². The van der Waals surface area contributed by atoms with Gasteiger partial charge in [-0.1, -0.05) is 30.8 Å². The van der Waals surface area contributed by atoms with Crippen molar-refractivity contribution in [1.82, 2.24) is 4.98 Å². The van der Waals surface area contributed by atoms with Crippen LogP contribution in [0.5, 0.6) is 0 Å². The highest BCUT2D eigenvalue weighted by Gasteiger charge is 2.03. The number of benzene rings is 1. The van der Waals surface area contributed by atoms with Gasteiger partial charge >= 0.3 is 0 Å². The number of aromatic nitrogens is 1. The van der Waals surface area contributed by atoms with E-state index in [9.17, 15) is 4.79 Å². The average Bonchev–Trinajstić information content (AvgIpc) is 2.40. The van der Waals surface area contributed by atoms with Crippen molar-refractivity contribution in [3.63, 3.8) is 0 Å². The highest BCUT2D eigenvalue weighted by atomic mass is 16.1. The Labute approximate surface area is 106 Å². The summed E-state index contributed by atoms with van der Waals surface area (Å²) in [5, 5.41) is 0. The van der Waals surface area contributed by atoms with E-state index in [-0.39, 0.29) is 0 Å². The molecule has 2 N–H and O–H groups in total. The van der Waals surface area contributed by atoms with Crippen molar-refractivity contribution in [2.24, 2.45) is 5.73 Å². The molecule has 2 rings (SSSR count). The summed E-state index contributed by atoms with van der Waals surface area (Å²) in [5.41, 5.74) is 8.84. The smallest absolute Gasteiger partial charge is 0.244 e. The number of nitrogens with zero attached hydrogens (tertiary/aromatic N) is 1. The zero-order valence-electron chi connectivity index (χ0n) is 9.97. The molecule has 90 valence electrons. The predicted octanol–water partition coefficient (Wildman–Crippen LogP) is 2.33.